The van der Waals surface area contributed by atoms with Crippen LogP contribution in [-0.2, 0) is 23.9 Å². The maximum atomic E-state index is 11.3. The van der Waals surface area contributed by atoms with Gasteiger partial charge in [0.05, 0.1) is 24.1 Å². The Morgan fingerprint density at radius 3 is 2.06 bits per heavy atom. The fourth-order valence-corrected chi connectivity index (χ4v) is 2.13. The van der Waals surface area contributed by atoms with E-state index in [1.807, 2.05) is 0 Å². The Labute approximate surface area is 207 Å². The number of benzene rings is 1. The number of aromatic carboxylic acids is 2. The molecule has 1 aromatic rings. The van der Waals surface area contributed by atoms with Crippen LogP contribution in [0.4, 0.5) is 0 Å². The van der Waals surface area contributed by atoms with Crippen LogP contribution in [0.3, 0.4) is 0 Å². The minimum atomic E-state index is -1.76. The van der Waals surface area contributed by atoms with Crippen molar-refractivity contribution in [2.75, 3.05) is 6.61 Å². The number of ether oxygens (including phenoxy) is 2. The number of carboxylic acid groups (broad SMARTS) is 3. The summed E-state index contributed by atoms with van der Waals surface area (Å²) in [6, 6.07) is 5.31. The monoisotopic (exact) mass is 472 g/mol. The molecule has 0 spiro atoms. The summed E-state index contributed by atoms with van der Waals surface area (Å²) in [6.07, 6.45) is 2.74. The van der Waals surface area contributed by atoms with E-state index in [0.29, 0.717) is 0 Å². The summed E-state index contributed by atoms with van der Waals surface area (Å²) in [5.74, 6) is -5.56. The Morgan fingerprint density at radius 1 is 1.12 bits per heavy atom. The summed E-state index contributed by atoms with van der Waals surface area (Å²) in [5.41, 5.74) is -2.05. The van der Waals surface area contributed by atoms with Crippen LogP contribution in [0.15, 0.2) is 48.6 Å². The molecule has 0 aliphatic heterocycles. The summed E-state index contributed by atoms with van der Waals surface area (Å²) in [5, 5.41) is 29.9. The number of rotatable bonds is 10. The van der Waals surface area contributed by atoms with Crippen molar-refractivity contribution in [1.29, 1.82) is 0 Å². The quantitative estimate of drug-likeness (QED) is 0.209. The number of carbonyl (C=O) groups excluding carboxylic acids is 4. The molecule has 10 nitrogen and oxygen atoms in total. The van der Waals surface area contributed by atoms with Crippen molar-refractivity contribution in [2.45, 2.75) is 39.2 Å². The zero-order valence-electron chi connectivity index (χ0n) is 18.6. The molecular formula is C22H24MgO10. The van der Waals surface area contributed by atoms with E-state index >= 15 is 0 Å². The average Bonchev–Trinajstić information content (AvgIpc) is 2.71. The van der Waals surface area contributed by atoms with Gasteiger partial charge in [0.2, 0.25) is 0 Å². The zero-order valence-corrected chi connectivity index (χ0v) is 20.0. The molecule has 1 atom stereocenters. The second-order valence-electron chi connectivity index (χ2n) is 6.60. The summed E-state index contributed by atoms with van der Waals surface area (Å²) >= 11 is 0. The number of hydrogen-bond donors (Lipinski definition) is 1. The van der Waals surface area contributed by atoms with Crippen LogP contribution in [0.5, 0.6) is 0 Å². The van der Waals surface area contributed by atoms with Crippen molar-refractivity contribution in [2.24, 2.45) is 0 Å². The van der Waals surface area contributed by atoms with Crippen molar-refractivity contribution in [1.82, 2.24) is 0 Å². The van der Waals surface area contributed by atoms with Crippen molar-refractivity contribution < 1.29 is 48.8 Å². The number of carbonyl (C=O) groups is 5. The molecule has 0 heterocycles. The fraction of sp³-hybridized carbons (Fsp3) is 0.318. The molecule has 1 N–H and O–H groups in total. The molecule has 0 radical (unpaired) electrons. The van der Waals surface area contributed by atoms with E-state index < -0.39 is 35.4 Å². The van der Waals surface area contributed by atoms with Gasteiger partial charge in [-0.15, -0.1) is 0 Å². The van der Waals surface area contributed by atoms with Crippen molar-refractivity contribution in [3.63, 3.8) is 0 Å². The molecule has 0 fully saturated rings. The van der Waals surface area contributed by atoms with Gasteiger partial charge in [0, 0.05) is 17.2 Å². The number of hydrogen-bond acceptors (Lipinski definition) is 9. The molecule has 0 aliphatic rings. The van der Waals surface area contributed by atoms with Gasteiger partial charge >= 0.3 is 41.0 Å². The first-order chi connectivity index (χ1) is 14.9. The Hall–Kier alpha value is -3.18. The van der Waals surface area contributed by atoms with Crippen molar-refractivity contribution in [3.05, 3.63) is 59.7 Å². The van der Waals surface area contributed by atoms with Gasteiger partial charge < -0.3 is 34.4 Å². The molecular weight excluding hydrogens is 449 g/mol. The molecule has 11 heteroatoms. The van der Waals surface area contributed by atoms with Gasteiger partial charge in [-0.25, -0.2) is 14.4 Å². The van der Waals surface area contributed by atoms with Gasteiger partial charge in [0.25, 0.3) is 0 Å². The van der Waals surface area contributed by atoms with Crippen LogP contribution in [0, 0.1) is 0 Å². The van der Waals surface area contributed by atoms with Crippen molar-refractivity contribution in [3.8, 4) is 0 Å². The molecule has 0 aromatic heterocycles. The van der Waals surface area contributed by atoms with E-state index in [4.69, 9.17) is 14.6 Å². The van der Waals surface area contributed by atoms with Crippen LogP contribution >= 0.6 is 0 Å². The topological polar surface area (TPSA) is 170 Å². The molecule has 174 valence electrons. The minimum absolute atomic E-state index is 0. The summed E-state index contributed by atoms with van der Waals surface area (Å²) in [4.78, 5) is 54.3. The third-order valence-corrected chi connectivity index (χ3v) is 3.82. The predicted octanol–water partition coefficient (Wildman–Crippen LogP) is -0.119. The Morgan fingerprint density at radius 2 is 1.67 bits per heavy atom. The average molecular weight is 473 g/mol. The molecule has 0 bridgehead atoms. The van der Waals surface area contributed by atoms with E-state index in [2.05, 4.69) is 6.58 Å². The standard InChI is InChI=1S/C14H20O6.C8H6O4.Mg/c1-5-7-11(15)20-14(4,13(17)18)8-6-9-19-12(16)10(2)3;9-7(10)5-3-1-2-4-6(5)8(11)12;/h5,7H,2,6,8-9H2,1,3-4H3,(H,17,18);1-4H,(H,9,10)(H,11,12);/q;;+2/p-2. The Kier molecular flexibility index (Phi) is 15.1. The van der Waals surface area contributed by atoms with Gasteiger partial charge in [-0.1, -0.05) is 30.9 Å². The molecule has 0 amide bonds. The first kappa shape index (κ1) is 32.0. The van der Waals surface area contributed by atoms with E-state index in [0.717, 1.165) is 6.08 Å². The van der Waals surface area contributed by atoms with Gasteiger partial charge in [0.1, 0.15) is 5.60 Å². The molecule has 0 saturated carbocycles. The van der Waals surface area contributed by atoms with E-state index in [-0.39, 0.29) is 59.2 Å². The van der Waals surface area contributed by atoms with Gasteiger partial charge in [0.15, 0.2) is 0 Å². The summed E-state index contributed by atoms with van der Waals surface area (Å²) in [6.45, 7) is 7.78. The maximum Gasteiger partial charge on any atom is 2.00 e. The van der Waals surface area contributed by atoms with Crippen LogP contribution in [0.1, 0.15) is 54.3 Å². The molecule has 1 unspecified atom stereocenters. The SMILES string of the molecule is C=C(C)C(=O)OCCCC(C)(OC(=O)C=CC)C(=O)[O-].O=C([O-])c1ccccc1C(=O)O.[Mg+2]. The maximum absolute atomic E-state index is 11.3. The number of carboxylic acids is 3. The number of aliphatic carboxylic acids is 1. The molecule has 1 rings (SSSR count). The first-order valence-electron chi connectivity index (χ1n) is 9.29. The fourth-order valence-electron chi connectivity index (χ4n) is 2.13. The van der Waals surface area contributed by atoms with Crippen LogP contribution < -0.4 is 10.2 Å². The zero-order chi connectivity index (χ0) is 24.9. The molecule has 33 heavy (non-hydrogen) atoms. The van der Waals surface area contributed by atoms with E-state index in [1.54, 1.807) is 6.92 Å². The third-order valence-electron chi connectivity index (χ3n) is 3.82. The largest absolute Gasteiger partial charge is 2.00 e. The van der Waals surface area contributed by atoms with Crippen LogP contribution in [-0.4, -0.2) is 70.2 Å². The Bertz CT molecular complexity index is 873. The van der Waals surface area contributed by atoms with Gasteiger partial charge in [-0.3, -0.25) is 0 Å². The van der Waals surface area contributed by atoms with Gasteiger partial charge in [-0.05, 0) is 39.7 Å². The second-order valence-corrected chi connectivity index (χ2v) is 6.60. The van der Waals surface area contributed by atoms with E-state index in [1.165, 1.54) is 44.2 Å². The van der Waals surface area contributed by atoms with Crippen molar-refractivity contribution >= 4 is 52.9 Å². The molecule has 0 aliphatic carbocycles. The van der Waals surface area contributed by atoms with E-state index in [9.17, 15) is 34.2 Å². The second kappa shape index (κ2) is 15.6. The smallest absolute Gasteiger partial charge is 0.546 e. The number of esters is 2. The van der Waals surface area contributed by atoms with Crippen LogP contribution in [0.2, 0.25) is 0 Å². The first-order valence-corrected chi connectivity index (χ1v) is 9.29. The predicted molar refractivity (Wildman–Crippen MR) is 113 cm³/mol. The summed E-state index contributed by atoms with van der Waals surface area (Å²) < 4.78 is 9.67. The molecule has 0 saturated heterocycles. The normalized spacial score (nSPS) is 11.6. The number of allylic oxidation sites excluding steroid dienone is 1. The van der Waals surface area contributed by atoms with Gasteiger partial charge in [-0.2, -0.15) is 0 Å². The summed E-state index contributed by atoms with van der Waals surface area (Å²) in [7, 11) is 0. The minimum Gasteiger partial charge on any atom is -0.546 e. The third kappa shape index (κ3) is 11.9. The Balaban J connectivity index is 0. The van der Waals surface area contributed by atoms with Crippen LogP contribution in [0.25, 0.3) is 0 Å². The molecule has 1 aromatic carbocycles.